The van der Waals surface area contributed by atoms with Crippen molar-refractivity contribution in [3.05, 3.63) is 60.1 Å². The summed E-state index contributed by atoms with van der Waals surface area (Å²) in [6, 6.07) is 15.8. The number of rotatable bonds is 17. The summed E-state index contributed by atoms with van der Waals surface area (Å²) in [5.41, 5.74) is 1.37. The summed E-state index contributed by atoms with van der Waals surface area (Å²) in [4.78, 5) is 11.9. The fourth-order valence-corrected chi connectivity index (χ4v) is 4.87. The molecule has 4 atom stereocenters. The van der Waals surface area contributed by atoms with Gasteiger partial charge >= 0.3 is 0 Å². The minimum absolute atomic E-state index is 0.00952. The SMILES string of the molecule is CCC(=O)c1cc2ccc(O[C@H](C)CNC(C)CCC(C)C(O)c3cc4ccc(OCCNC(C)C)cc4o3)cc2o1. The van der Waals surface area contributed by atoms with Crippen LogP contribution < -0.4 is 20.1 Å². The van der Waals surface area contributed by atoms with Crippen LogP contribution in [-0.2, 0) is 0 Å². The molecule has 2 heterocycles. The molecule has 0 aliphatic rings. The van der Waals surface area contributed by atoms with Crippen LogP contribution in [0.5, 0.6) is 11.5 Å². The van der Waals surface area contributed by atoms with Gasteiger partial charge in [-0.1, -0.05) is 27.7 Å². The van der Waals surface area contributed by atoms with Gasteiger partial charge in [0.25, 0.3) is 0 Å². The lowest BCUT2D eigenvalue weighted by Crippen LogP contribution is -2.35. The van der Waals surface area contributed by atoms with Gasteiger partial charge in [0, 0.05) is 54.5 Å². The maximum absolute atomic E-state index is 11.9. The number of carbonyl (C=O) groups excluding carboxylic acids is 1. The lowest BCUT2D eigenvalue weighted by molar-refractivity contribution is 0.0889. The molecule has 0 aliphatic heterocycles. The fraction of sp³-hybridized carbons (Fsp3) is 0.500. The second-order valence-electron chi connectivity index (χ2n) is 11.6. The lowest BCUT2D eigenvalue weighted by atomic mass is 9.95. The lowest BCUT2D eigenvalue weighted by Gasteiger charge is -2.22. The molecule has 3 unspecified atom stereocenters. The van der Waals surface area contributed by atoms with Gasteiger partial charge in [0.1, 0.15) is 47.2 Å². The molecule has 4 aromatic rings. The van der Waals surface area contributed by atoms with Crippen LogP contribution in [0.2, 0.25) is 0 Å². The monoisotopic (exact) mass is 578 g/mol. The van der Waals surface area contributed by atoms with E-state index in [1.807, 2.05) is 56.3 Å². The van der Waals surface area contributed by atoms with Gasteiger partial charge in [-0.25, -0.2) is 0 Å². The second kappa shape index (κ2) is 14.7. The third-order valence-electron chi connectivity index (χ3n) is 7.50. The minimum atomic E-state index is -0.684. The number of aliphatic hydroxyl groups excluding tert-OH is 1. The highest BCUT2D eigenvalue weighted by molar-refractivity contribution is 5.97. The number of carbonyl (C=O) groups is 1. The summed E-state index contributed by atoms with van der Waals surface area (Å²) in [6.45, 7) is 14.3. The van der Waals surface area contributed by atoms with Crippen molar-refractivity contribution < 1.29 is 28.2 Å². The van der Waals surface area contributed by atoms with Gasteiger partial charge in [-0.2, -0.15) is 0 Å². The van der Waals surface area contributed by atoms with Gasteiger partial charge in [0.15, 0.2) is 11.5 Å². The molecule has 0 fully saturated rings. The topological polar surface area (TPSA) is 106 Å². The van der Waals surface area contributed by atoms with Crippen LogP contribution in [0.3, 0.4) is 0 Å². The van der Waals surface area contributed by atoms with Crippen molar-refractivity contribution in [1.82, 2.24) is 10.6 Å². The highest BCUT2D eigenvalue weighted by Crippen LogP contribution is 2.32. The van der Waals surface area contributed by atoms with E-state index in [4.69, 9.17) is 18.3 Å². The van der Waals surface area contributed by atoms with Crippen molar-refractivity contribution >= 4 is 27.7 Å². The molecule has 0 bridgehead atoms. The first kappa shape index (κ1) is 31.6. The number of aliphatic hydroxyl groups is 1. The Morgan fingerprint density at radius 2 is 1.57 bits per heavy atom. The molecule has 228 valence electrons. The number of hydrogen-bond donors (Lipinski definition) is 3. The van der Waals surface area contributed by atoms with Crippen LogP contribution in [-0.4, -0.2) is 48.8 Å². The number of Topliss-reactive ketones (excluding diaryl/α,β-unsaturated/α-hetero) is 1. The first-order chi connectivity index (χ1) is 20.1. The van der Waals surface area contributed by atoms with Crippen molar-refractivity contribution in [1.29, 1.82) is 0 Å². The third kappa shape index (κ3) is 8.60. The van der Waals surface area contributed by atoms with Gasteiger partial charge in [-0.3, -0.25) is 4.79 Å². The smallest absolute Gasteiger partial charge is 0.197 e. The first-order valence-corrected chi connectivity index (χ1v) is 15.2. The second-order valence-corrected chi connectivity index (χ2v) is 11.6. The summed E-state index contributed by atoms with van der Waals surface area (Å²) >= 11 is 0. The molecular formula is C34H46N2O6. The Morgan fingerprint density at radius 1 is 0.881 bits per heavy atom. The number of ketones is 1. The van der Waals surface area contributed by atoms with Crippen LogP contribution in [0.25, 0.3) is 21.9 Å². The Morgan fingerprint density at radius 3 is 2.31 bits per heavy atom. The predicted molar refractivity (Wildman–Crippen MR) is 167 cm³/mol. The summed E-state index contributed by atoms with van der Waals surface area (Å²) in [7, 11) is 0. The highest BCUT2D eigenvalue weighted by Gasteiger charge is 2.21. The maximum Gasteiger partial charge on any atom is 0.197 e. The quantitative estimate of drug-likeness (QED) is 0.0905. The molecule has 0 spiro atoms. The van der Waals surface area contributed by atoms with Crippen molar-refractivity contribution in [3.63, 3.8) is 0 Å². The summed E-state index contributed by atoms with van der Waals surface area (Å²) in [5.74, 6) is 2.46. The Labute approximate surface area is 248 Å². The van der Waals surface area contributed by atoms with Crippen molar-refractivity contribution in [2.75, 3.05) is 19.7 Å². The molecule has 42 heavy (non-hydrogen) atoms. The van der Waals surface area contributed by atoms with Crippen LogP contribution in [0.1, 0.15) is 83.2 Å². The number of furan rings is 2. The van der Waals surface area contributed by atoms with E-state index >= 15 is 0 Å². The normalized spacial score (nSPS) is 14.8. The number of benzene rings is 2. The van der Waals surface area contributed by atoms with E-state index < -0.39 is 6.10 Å². The zero-order chi connectivity index (χ0) is 30.2. The van der Waals surface area contributed by atoms with E-state index in [2.05, 4.69) is 38.3 Å². The van der Waals surface area contributed by atoms with Crippen molar-refractivity contribution in [3.8, 4) is 11.5 Å². The zero-order valence-electron chi connectivity index (χ0n) is 25.7. The fourth-order valence-electron chi connectivity index (χ4n) is 4.87. The first-order valence-electron chi connectivity index (χ1n) is 15.2. The van der Waals surface area contributed by atoms with Gasteiger partial charge < -0.3 is 34.0 Å². The van der Waals surface area contributed by atoms with Crippen molar-refractivity contribution in [2.24, 2.45) is 5.92 Å². The Hall–Kier alpha value is -3.33. The maximum atomic E-state index is 11.9. The van der Waals surface area contributed by atoms with E-state index in [0.29, 0.717) is 48.5 Å². The average molecular weight is 579 g/mol. The molecule has 4 rings (SSSR count). The Balaban J connectivity index is 1.21. The number of ether oxygens (including phenoxy) is 2. The largest absolute Gasteiger partial charge is 0.492 e. The molecule has 3 N–H and O–H groups in total. The molecular weight excluding hydrogens is 532 g/mol. The van der Waals surface area contributed by atoms with E-state index in [9.17, 15) is 9.90 Å². The number of nitrogens with one attached hydrogen (secondary N) is 2. The van der Waals surface area contributed by atoms with Gasteiger partial charge in [-0.15, -0.1) is 0 Å². The third-order valence-corrected chi connectivity index (χ3v) is 7.50. The van der Waals surface area contributed by atoms with Gasteiger partial charge in [0.05, 0.1) is 0 Å². The molecule has 8 nitrogen and oxygen atoms in total. The van der Waals surface area contributed by atoms with E-state index in [1.165, 1.54) is 0 Å². The minimum Gasteiger partial charge on any atom is -0.492 e. The number of fused-ring (bicyclic) bond motifs is 2. The summed E-state index contributed by atoms with van der Waals surface area (Å²) in [5, 5.41) is 19.7. The molecule has 0 amide bonds. The number of hydrogen-bond acceptors (Lipinski definition) is 8. The summed E-state index contributed by atoms with van der Waals surface area (Å²) < 4.78 is 23.7. The zero-order valence-corrected chi connectivity index (χ0v) is 25.7. The molecule has 0 radical (unpaired) electrons. The van der Waals surface area contributed by atoms with Crippen molar-refractivity contribution in [2.45, 2.75) is 85.1 Å². The molecule has 2 aromatic heterocycles. The molecule has 0 saturated heterocycles. The van der Waals surface area contributed by atoms with Gasteiger partial charge in [0.2, 0.25) is 0 Å². The van der Waals surface area contributed by atoms with Crippen LogP contribution in [0, 0.1) is 5.92 Å². The predicted octanol–water partition coefficient (Wildman–Crippen LogP) is 7.04. The van der Waals surface area contributed by atoms with Gasteiger partial charge in [-0.05, 0) is 69.0 Å². The molecule has 8 heteroatoms. The standard InChI is InChI=1S/C34H46N2O6/c1-7-29(37)32-16-25-11-13-28(19-31(25)41-32)40-24(6)20-36-23(5)9-8-22(4)34(38)33-17-26-10-12-27(18-30(26)42-33)39-15-14-35-21(2)3/h10-13,16-19,21-24,34-36,38H,7-9,14-15,20H2,1-6H3/t22?,23?,24-,34?/m1/s1. The molecule has 2 aromatic carbocycles. The Kier molecular flexibility index (Phi) is 11.1. The molecule has 0 saturated carbocycles. The van der Waals surface area contributed by atoms with E-state index in [0.717, 1.165) is 41.5 Å². The van der Waals surface area contributed by atoms with E-state index in [-0.39, 0.29) is 23.8 Å². The Bertz CT molecular complexity index is 1440. The average Bonchev–Trinajstić information content (AvgIpc) is 3.60. The molecule has 0 aliphatic carbocycles. The summed E-state index contributed by atoms with van der Waals surface area (Å²) in [6.07, 6.45) is 1.41. The van der Waals surface area contributed by atoms with E-state index in [1.54, 1.807) is 6.07 Å². The van der Waals surface area contributed by atoms with Crippen LogP contribution in [0.4, 0.5) is 0 Å². The van der Waals surface area contributed by atoms with Crippen LogP contribution in [0.15, 0.2) is 57.4 Å². The highest BCUT2D eigenvalue weighted by atomic mass is 16.5. The van der Waals surface area contributed by atoms with Crippen LogP contribution >= 0.6 is 0 Å².